The van der Waals surface area contributed by atoms with Crippen molar-refractivity contribution in [3.8, 4) is 21.8 Å². The molecule has 3 aromatic rings. The zero-order chi connectivity index (χ0) is 13.9. The molecule has 0 amide bonds. The van der Waals surface area contributed by atoms with Gasteiger partial charge in [0.05, 0.1) is 5.69 Å². The van der Waals surface area contributed by atoms with E-state index in [0.717, 1.165) is 21.8 Å². The van der Waals surface area contributed by atoms with E-state index in [2.05, 4.69) is 42.4 Å². The van der Waals surface area contributed by atoms with Gasteiger partial charge in [0, 0.05) is 28.9 Å². The zero-order valence-corrected chi connectivity index (χ0v) is 12.4. The average Bonchev–Trinajstić information content (AvgIpc) is 2.98. The summed E-state index contributed by atoms with van der Waals surface area (Å²) >= 11 is 1.68. The fraction of sp³-hybridized carbons (Fsp3) is 0.176. The third-order valence-electron chi connectivity index (χ3n) is 3.28. The Bertz CT molecular complexity index is 702. The first-order chi connectivity index (χ1) is 9.75. The summed E-state index contributed by atoms with van der Waals surface area (Å²) in [7, 11) is 0. The van der Waals surface area contributed by atoms with Crippen LogP contribution in [0.3, 0.4) is 0 Å². The SMILES string of the molecule is CC(C)c1ccncc1-c1nc(-c2ccccc2)cs1. The molecular formula is C17H16N2S. The lowest BCUT2D eigenvalue weighted by molar-refractivity contribution is 0.865. The second-order valence-electron chi connectivity index (χ2n) is 5.02. The summed E-state index contributed by atoms with van der Waals surface area (Å²) < 4.78 is 0. The zero-order valence-electron chi connectivity index (χ0n) is 11.6. The average molecular weight is 280 g/mol. The molecule has 20 heavy (non-hydrogen) atoms. The third kappa shape index (κ3) is 2.49. The second kappa shape index (κ2) is 5.55. The van der Waals surface area contributed by atoms with Crippen molar-refractivity contribution < 1.29 is 0 Å². The second-order valence-corrected chi connectivity index (χ2v) is 5.88. The molecule has 0 aliphatic heterocycles. The van der Waals surface area contributed by atoms with E-state index >= 15 is 0 Å². The Morgan fingerprint density at radius 3 is 2.60 bits per heavy atom. The first kappa shape index (κ1) is 13.0. The number of rotatable bonds is 3. The van der Waals surface area contributed by atoms with Crippen molar-refractivity contribution in [2.75, 3.05) is 0 Å². The Morgan fingerprint density at radius 2 is 1.85 bits per heavy atom. The molecule has 3 heteroatoms. The van der Waals surface area contributed by atoms with Gasteiger partial charge in [-0.1, -0.05) is 44.2 Å². The third-order valence-corrected chi connectivity index (χ3v) is 4.16. The summed E-state index contributed by atoms with van der Waals surface area (Å²) in [4.78, 5) is 9.03. The van der Waals surface area contributed by atoms with Gasteiger partial charge in [0.25, 0.3) is 0 Å². The standard InChI is InChI=1S/C17H16N2S/c1-12(2)14-8-9-18-10-15(14)17-19-16(11-20-17)13-6-4-3-5-7-13/h3-12H,1-2H3. The van der Waals surface area contributed by atoms with Crippen LogP contribution < -0.4 is 0 Å². The number of nitrogens with zero attached hydrogens (tertiary/aromatic N) is 2. The van der Waals surface area contributed by atoms with Gasteiger partial charge in [0.1, 0.15) is 5.01 Å². The fourth-order valence-corrected chi connectivity index (χ4v) is 3.09. The molecule has 0 aliphatic rings. The van der Waals surface area contributed by atoms with Crippen LogP contribution in [0.1, 0.15) is 25.3 Å². The Labute approximate surface area is 123 Å². The minimum atomic E-state index is 0.470. The highest BCUT2D eigenvalue weighted by atomic mass is 32.1. The molecule has 0 radical (unpaired) electrons. The van der Waals surface area contributed by atoms with E-state index in [1.807, 2.05) is 30.6 Å². The topological polar surface area (TPSA) is 25.8 Å². The first-order valence-electron chi connectivity index (χ1n) is 6.71. The minimum Gasteiger partial charge on any atom is -0.264 e. The van der Waals surface area contributed by atoms with Crippen LogP contribution in [0.15, 0.2) is 54.2 Å². The van der Waals surface area contributed by atoms with Crippen molar-refractivity contribution in [3.05, 3.63) is 59.7 Å². The summed E-state index contributed by atoms with van der Waals surface area (Å²) in [6, 6.07) is 12.4. The van der Waals surface area contributed by atoms with E-state index < -0.39 is 0 Å². The number of hydrogen-bond donors (Lipinski definition) is 0. The highest BCUT2D eigenvalue weighted by Gasteiger charge is 2.12. The molecule has 0 saturated heterocycles. The van der Waals surface area contributed by atoms with E-state index in [-0.39, 0.29) is 0 Å². The lowest BCUT2D eigenvalue weighted by atomic mass is 10.00. The van der Waals surface area contributed by atoms with Crippen molar-refractivity contribution in [1.82, 2.24) is 9.97 Å². The molecule has 0 saturated carbocycles. The number of aromatic nitrogens is 2. The van der Waals surface area contributed by atoms with Gasteiger partial charge < -0.3 is 0 Å². The van der Waals surface area contributed by atoms with Gasteiger partial charge >= 0.3 is 0 Å². The molecule has 1 aromatic carbocycles. The van der Waals surface area contributed by atoms with Crippen molar-refractivity contribution in [2.24, 2.45) is 0 Å². The van der Waals surface area contributed by atoms with Gasteiger partial charge in [-0.2, -0.15) is 0 Å². The van der Waals surface area contributed by atoms with E-state index in [1.54, 1.807) is 11.3 Å². The highest BCUT2D eigenvalue weighted by molar-refractivity contribution is 7.13. The molecule has 0 spiro atoms. The van der Waals surface area contributed by atoms with Crippen LogP contribution in [-0.2, 0) is 0 Å². The Hall–Kier alpha value is -2.00. The summed E-state index contributed by atoms with van der Waals surface area (Å²) in [6.45, 7) is 4.40. The Balaban J connectivity index is 2.03. The predicted octanol–water partition coefficient (Wildman–Crippen LogP) is 5.00. The van der Waals surface area contributed by atoms with Crippen molar-refractivity contribution in [1.29, 1.82) is 0 Å². The van der Waals surface area contributed by atoms with Gasteiger partial charge in [0.2, 0.25) is 0 Å². The maximum Gasteiger partial charge on any atom is 0.125 e. The molecule has 0 bridgehead atoms. The van der Waals surface area contributed by atoms with Crippen molar-refractivity contribution in [3.63, 3.8) is 0 Å². The van der Waals surface area contributed by atoms with Crippen LogP contribution in [-0.4, -0.2) is 9.97 Å². The van der Waals surface area contributed by atoms with Crippen LogP contribution in [0.25, 0.3) is 21.8 Å². The van der Waals surface area contributed by atoms with Crippen molar-refractivity contribution in [2.45, 2.75) is 19.8 Å². The van der Waals surface area contributed by atoms with Gasteiger partial charge in [-0.25, -0.2) is 4.98 Å². The lowest BCUT2D eigenvalue weighted by Gasteiger charge is -2.09. The quantitative estimate of drug-likeness (QED) is 0.675. The number of thiazole rings is 1. The maximum atomic E-state index is 4.77. The van der Waals surface area contributed by atoms with E-state index in [4.69, 9.17) is 4.98 Å². The van der Waals surface area contributed by atoms with E-state index in [9.17, 15) is 0 Å². The monoisotopic (exact) mass is 280 g/mol. The molecule has 100 valence electrons. The highest BCUT2D eigenvalue weighted by Crippen LogP contribution is 2.33. The molecule has 0 atom stereocenters. The normalized spacial score (nSPS) is 10.9. The molecule has 3 rings (SSSR count). The van der Waals surface area contributed by atoms with Crippen LogP contribution in [0.2, 0.25) is 0 Å². The van der Waals surface area contributed by atoms with Gasteiger partial charge in [-0.15, -0.1) is 11.3 Å². The molecular weight excluding hydrogens is 264 g/mol. The largest absolute Gasteiger partial charge is 0.264 e. The Kier molecular flexibility index (Phi) is 3.61. The molecule has 2 heterocycles. The molecule has 2 nitrogen and oxygen atoms in total. The smallest absolute Gasteiger partial charge is 0.125 e. The predicted molar refractivity (Wildman–Crippen MR) is 84.9 cm³/mol. The maximum absolute atomic E-state index is 4.77. The molecule has 0 N–H and O–H groups in total. The Morgan fingerprint density at radius 1 is 1.05 bits per heavy atom. The molecule has 0 aliphatic carbocycles. The van der Waals surface area contributed by atoms with E-state index in [0.29, 0.717) is 5.92 Å². The summed E-state index contributed by atoms with van der Waals surface area (Å²) in [6.07, 6.45) is 3.77. The molecule has 2 aromatic heterocycles. The van der Waals surface area contributed by atoms with Crippen molar-refractivity contribution >= 4 is 11.3 Å². The number of pyridine rings is 1. The van der Waals surface area contributed by atoms with Crippen LogP contribution in [0.4, 0.5) is 0 Å². The van der Waals surface area contributed by atoms with Gasteiger partial charge in [0.15, 0.2) is 0 Å². The van der Waals surface area contributed by atoms with Gasteiger partial charge in [-0.05, 0) is 17.5 Å². The van der Waals surface area contributed by atoms with Crippen LogP contribution in [0, 0.1) is 0 Å². The number of benzene rings is 1. The first-order valence-corrected chi connectivity index (χ1v) is 7.59. The molecule has 0 unspecified atom stereocenters. The van der Waals surface area contributed by atoms with Crippen LogP contribution in [0.5, 0.6) is 0 Å². The van der Waals surface area contributed by atoms with Crippen LogP contribution >= 0.6 is 11.3 Å². The number of hydrogen-bond acceptors (Lipinski definition) is 3. The minimum absolute atomic E-state index is 0.470. The summed E-state index contributed by atoms with van der Waals surface area (Å²) in [5.74, 6) is 0.470. The summed E-state index contributed by atoms with van der Waals surface area (Å²) in [5, 5.41) is 3.16. The lowest BCUT2D eigenvalue weighted by Crippen LogP contribution is -1.93. The molecule has 0 fully saturated rings. The van der Waals surface area contributed by atoms with E-state index in [1.165, 1.54) is 5.56 Å². The summed E-state index contributed by atoms with van der Waals surface area (Å²) in [5.41, 5.74) is 4.64. The fourth-order valence-electron chi connectivity index (χ4n) is 2.23. The van der Waals surface area contributed by atoms with Gasteiger partial charge in [-0.3, -0.25) is 4.98 Å².